The van der Waals surface area contributed by atoms with Gasteiger partial charge in [0.05, 0.1) is 61.4 Å². The third kappa shape index (κ3) is 7.76. The number of benzene rings is 3. The van der Waals surface area contributed by atoms with Crippen LogP contribution >= 0.6 is 0 Å². The Morgan fingerprint density at radius 3 is 2.39 bits per heavy atom. The number of carbonyl (C=O) groups excluding carboxylic acids is 3. The molecule has 0 saturated carbocycles. The molecule has 61 heavy (non-hydrogen) atoms. The van der Waals surface area contributed by atoms with Crippen LogP contribution in [0.3, 0.4) is 0 Å². The number of nitrogens with one attached hydrogen (secondary N) is 4. The molecule has 6 N–H and O–H groups in total. The summed E-state index contributed by atoms with van der Waals surface area (Å²) < 4.78 is 16.0. The highest BCUT2D eigenvalue weighted by molar-refractivity contribution is 6.07. The van der Waals surface area contributed by atoms with Gasteiger partial charge in [0, 0.05) is 23.0 Å². The van der Waals surface area contributed by atoms with Crippen molar-refractivity contribution in [1.82, 2.24) is 40.4 Å². The van der Waals surface area contributed by atoms with Crippen molar-refractivity contribution in [1.29, 1.82) is 0 Å². The van der Waals surface area contributed by atoms with E-state index in [9.17, 15) is 24.6 Å². The predicted octanol–water partition coefficient (Wildman–Crippen LogP) is 6.44. The highest BCUT2D eigenvalue weighted by Crippen LogP contribution is 2.44. The van der Waals surface area contributed by atoms with Crippen molar-refractivity contribution in [2.75, 3.05) is 14.2 Å². The maximum absolute atomic E-state index is 13.9. The zero-order chi connectivity index (χ0) is 43.3. The number of aromatic amines is 2. The summed E-state index contributed by atoms with van der Waals surface area (Å²) in [4.78, 5) is 58.8. The Morgan fingerprint density at radius 1 is 0.918 bits per heavy atom. The van der Waals surface area contributed by atoms with E-state index in [0.29, 0.717) is 18.3 Å². The molecule has 5 aromatic rings. The number of hydrogen-bond donors (Lipinski definition) is 6. The topological polar surface area (TPSA) is 207 Å². The summed E-state index contributed by atoms with van der Waals surface area (Å²) in [6.45, 7) is 9.80. The van der Waals surface area contributed by atoms with Crippen LogP contribution in [-0.4, -0.2) is 109 Å². The lowest BCUT2D eigenvalue weighted by molar-refractivity contribution is -0.137. The van der Waals surface area contributed by atoms with E-state index in [0.717, 1.165) is 87.6 Å². The number of aromatic nitrogens is 4. The van der Waals surface area contributed by atoms with E-state index < -0.39 is 36.6 Å². The van der Waals surface area contributed by atoms with Crippen LogP contribution in [0, 0.1) is 5.92 Å². The molecular formula is C45H56N8O8. The monoisotopic (exact) mass is 836 g/mol. The van der Waals surface area contributed by atoms with E-state index in [1.165, 1.54) is 21.1 Å². The molecule has 2 aromatic heterocycles. The molecule has 0 spiro atoms. The molecule has 3 aromatic carbocycles. The van der Waals surface area contributed by atoms with Gasteiger partial charge in [0.25, 0.3) is 0 Å². The van der Waals surface area contributed by atoms with Crippen molar-refractivity contribution in [3.8, 4) is 28.1 Å². The Bertz CT molecular complexity index is 2450. The van der Waals surface area contributed by atoms with E-state index in [1.54, 1.807) is 0 Å². The molecule has 2 unspecified atom stereocenters. The van der Waals surface area contributed by atoms with E-state index in [2.05, 4.69) is 63.9 Å². The van der Waals surface area contributed by atoms with Crippen molar-refractivity contribution in [3.05, 3.63) is 65.9 Å². The number of aliphatic hydroxyl groups is 2. The van der Waals surface area contributed by atoms with Crippen molar-refractivity contribution >= 4 is 39.9 Å². The number of nitrogens with zero attached hydrogens (tertiary/aromatic N) is 4. The van der Waals surface area contributed by atoms with Gasteiger partial charge < -0.3 is 49.9 Å². The number of hydrogen-bond acceptors (Lipinski definition) is 11. The van der Waals surface area contributed by atoms with E-state index in [-0.39, 0.29) is 36.0 Å². The van der Waals surface area contributed by atoms with Crippen molar-refractivity contribution in [2.24, 2.45) is 5.92 Å². The zero-order valence-corrected chi connectivity index (χ0v) is 35.7. The molecule has 3 aliphatic heterocycles. The van der Waals surface area contributed by atoms with Gasteiger partial charge >= 0.3 is 12.2 Å². The second-order valence-electron chi connectivity index (χ2n) is 17.0. The number of aliphatic hydroxyl groups excluding tert-OH is 2. The van der Waals surface area contributed by atoms with Gasteiger partial charge in [-0.3, -0.25) is 9.69 Å². The summed E-state index contributed by atoms with van der Waals surface area (Å²) in [5.74, 6) is 1.88. The molecular weight excluding hydrogens is 781 g/mol. The van der Waals surface area contributed by atoms with Crippen LogP contribution in [0.25, 0.3) is 44.2 Å². The minimum atomic E-state index is -1.18. The van der Waals surface area contributed by atoms with Crippen LogP contribution in [0.2, 0.25) is 0 Å². The maximum Gasteiger partial charge on any atom is 0.407 e. The molecule has 8 atom stereocenters. The molecule has 0 aliphatic carbocycles. The molecule has 5 heterocycles. The predicted molar refractivity (Wildman–Crippen MR) is 228 cm³/mol. The zero-order valence-electron chi connectivity index (χ0n) is 35.7. The molecule has 16 heteroatoms. The lowest BCUT2D eigenvalue weighted by Gasteiger charge is -2.38. The van der Waals surface area contributed by atoms with Crippen LogP contribution in [0.5, 0.6) is 5.75 Å². The smallest absolute Gasteiger partial charge is 0.407 e. The van der Waals surface area contributed by atoms with Crippen molar-refractivity contribution in [3.63, 3.8) is 0 Å². The van der Waals surface area contributed by atoms with Crippen molar-refractivity contribution < 1.29 is 38.8 Å². The van der Waals surface area contributed by atoms with Crippen molar-refractivity contribution in [2.45, 2.75) is 122 Å². The first kappa shape index (κ1) is 42.0. The molecule has 0 radical (unpaired) electrons. The fraction of sp³-hybridized carbons (Fsp3) is 0.489. The Labute approximate surface area is 354 Å². The Balaban J connectivity index is 1.05. The number of alkyl carbamates (subject to hydrolysis) is 2. The third-order valence-corrected chi connectivity index (χ3v) is 12.9. The Hall–Kier alpha value is -5.71. The normalized spacial score (nSPS) is 22.0. The molecule has 324 valence electrons. The number of imidazole rings is 2. The van der Waals surface area contributed by atoms with E-state index >= 15 is 0 Å². The van der Waals surface area contributed by atoms with E-state index in [1.807, 2.05) is 42.8 Å². The highest BCUT2D eigenvalue weighted by Gasteiger charge is 2.44. The minimum absolute atomic E-state index is 0.0139. The largest absolute Gasteiger partial charge is 0.488 e. The second kappa shape index (κ2) is 17.0. The summed E-state index contributed by atoms with van der Waals surface area (Å²) in [7, 11) is 2.54. The standard InChI is InChI=1S/C45H56N8O8/c1-8-28-12-16-35(53(28)43(56)38(24(5)54)51-45(58)60-7)41-47-32-14-11-25-18-31-29-13-10-26(17-27(29)21-61-36(31)19-30(25)39(32)49-41)33-20-46-40(48-33)34-15-9-23(4)52(34)42(55)37(22(2)3)50-44(57)59-6/h10-11,13-14,17-20,22-24,28,34-35,37-38,43,54,56H,8-9,12,15-16,21H2,1-7H3,(H,46,48)(H,47,49)(H,50,57)(H,51,58)/t23-,24?,28-,34-,35-,37-,38-,43?/m0/s1. The number of H-pyrrole nitrogens is 2. The molecule has 0 bridgehead atoms. The van der Waals surface area contributed by atoms with Gasteiger partial charge in [0.1, 0.15) is 36.3 Å². The van der Waals surface area contributed by atoms with Gasteiger partial charge in [0.15, 0.2) is 0 Å². The lowest BCUT2D eigenvalue weighted by Crippen LogP contribution is -2.58. The Kier molecular flexibility index (Phi) is 11.7. The first-order chi connectivity index (χ1) is 29.3. The number of amides is 3. The van der Waals surface area contributed by atoms with Gasteiger partial charge in [-0.25, -0.2) is 19.6 Å². The molecule has 2 saturated heterocycles. The second-order valence-corrected chi connectivity index (χ2v) is 17.0. The fourth-order valence-corrected chi connectivity index (χ4v) is 9.59. The quantitative estimate of drug-likeness (QED) is 0.0854. The van der Waals surface area contributed by atoms with Gasteiger partial charge in [-0.1, -0.05) is 39.0 Å². The molecule has 3 amide bonds. The first-order valence-corrected chi connectivity index (χ1v) is 21.2. The summed E-state index contributed by atoms with van der Waals surface area (Å²) in [6.07, 6.45) is 2.12. The van der Waals surface area contributed by atoms with Gasteiger partial charge in [-0.05, 0) is 98.2 Å². The number of carbonyl (C=O) groups is 3. The highest BCUT2D eigenvalue weighted by atomic mass is 16.5. The van der Waals surface area contributed by atoms with Crippen LogP contribution < -0.4 is 15.4 Å². The summed E-state index contributed by atoms with van der Waals surface area (Å²) in [5, 5.41) is 29.5. The van der Waals surface area contributed by atoms with Crippen LogP contribution in [0.15, 0.2) is 48.7 Å². The maximum atomic E-state index is 13.9. The summed E-state index contributed by atoms with van der Waals surface area (Å²) >= 11 is 0. The lowest BCUT2D eigenvalue weighted by atomic mass is 9.92. The van der Waals surface area contributed by atoms with Crippen LogP contribution in [-0.2, 0) is 20.9 Å². The molecule has 2 fully saturated rings. The Morgan fingerprint density at radius 2 is 1.67 bits per heavy atom. The van der Waals surface area contributed by atoms with E-state index in [4.69, 9.17) is 24.2 Å². The minimum Gasteiger partial charge on any atom is -0.488 e. The number of methoxy groups -OCH3 is 2. The summed E-state index contributed by atoms with van der Waals surface area (Å²) in [6, 6.07) is 12.3. The first-order valence-electron chi connectivity index (χ1n) is 21.2. The molecule has 16 nitrogen and oxygen atoms in total. The van der Waals surface area contributed by atoms with Gasteiger partial charge in [0.2, 0.25) is 5.91 Å². The number of rotatable bonds is 11. The van der Waals surface area contributed by atoms with Crippen LogP contribution in [0.4, 0.5) is 9.59 Å². The fourth-order valence-electron chi connectivity index (χ4n) is 9.59. The number of likely N-dealkylation sites (tertiary alicyclic amines) is 2. The molecule has 3 aliphatic rings. The average Bonchev–Trinajstić information content (AvgIpc) is 4.08. The number of fused-ring (bicyclic) bond motifs is 6. The summed E-state index contributed by atoms with van der Waals surface area (Å²) in [5.41, 5.74) is 6.51. The SMILES string of the molecule is CC[C@H]1CC[C@@H](c2nc3c(ccc4cc5c(cc43)OCc3cc(-c4cnc([C@@H]6CC[C@H](C)N6C(=O)[C@@H](NC(=O)OC)C(C)C)[nH]4)ccc3-5)[nH]2)N1C(O)[C@@H](NC(=O)OC)C(C)O. The number of ether oxygens (including phenoxy) is 3. The van der Waals surface area contributed by atoms with Gasteiger partial charge in [-0.2, -0.15) is 0 Å². The average molecular weight is 837 g/mol. The molecule has 8 rings (SSSR count). The van der Waals surface area contributed by atoms with Gasteiger partial charge in [-0.15, -0.1) is 0 Å². The van der Waals surface area contributed by atoms with Crippen LogP contribution in [0.1, 0.15) is 96.0 Å². The third-order valence-electron chi connectivity index (χ3n) is 12.9.